The van der Waals surface area contributed by atoms with E-state index in [1.807, 2.05) is 51.1 Å². The largest absolute Gasteiger partial charge is 0.311 e. The third kappa shape index (κ3) is 3.50. The van der Waals surface area contributed by atoms with Crippen LogP contribution in [0.15, 0.2) is 54.6 Å². The number of anilines is 1. The van der Waals surface area contributed by atoms with Gasteiger partial charge in [-0.1, -0.05) is 44.2 Å². The Morgan fingerprint density at radius 1 is 0.926 bits per heavy atom. The molecule has 140 valence electrons. The first-order valence-electron chi connectivity index (χ1n) is 9.29. The fourth-order valence-electron chi connectivity index (χ4n) is 3.51. The number of fused-ring (bicyclic) bond motifs is 1. The lowest BCUT2D eigenvalue weighted by atomic mass is 10.0. The maximum Gasteiger partial charge on any atom is 0.262 e. The van der Waals surface area contributed by atoms with Crippen LogP contribution in [0.2, 0.25) is 0 Å². The van der Waals surface area contributed by atoms with Crippen molar-refractivity contribution in [1.82, 2.24) is 4.90 Å². The number of nitrogens with zero attached hydrogens (tertiary/aromatic N) is 2. The Morgan fingerprint density at radius 2 is 1.44 bits per heavy atom. The van der Waals surface area contributed by atoms with Crippen LogP contribution in [0, 0.1) is 5.92 Å². The van der Waals surface area contributed by atoms with E-state index >= 15 is 0 Å². The van der Waals surface area contributed by atoms with E-state index in [2.05, 4.69) is 0 Å². The first-order valence-corrected chi connectivity index (χ1v) is 9.29. The molecule has 0 radical (unpaired) electrons. The van der Waals surface area contributed by atoms with E-state index < -0.39 is 17.9 Å². The predicted octanol–water partition coefficient (Wildman–Crippen LogP) is 3.75. The van der Waals surface area contributed by atoms with Gasteiger partial charge in [-0.05, 0) is 43.5 Å². The Kier molecular flexibility index (Phi) is 5.40. The summed E-state index contributed by atoms with van der Waals surface area (Å²) < 4.78 is 0. The molecule has 1 atom stereocenters. The number of rotatable bonds is 6. The second-order valence-corrected chi connectivity index (χ2v) is 7.09. The Balaban J connectivity index is 1.98. The highest BCUT2D eigenvalue weighted by Crippen LogP contribution is 2.28. The lowest BCUT2D eigenvalue weighted by Crippen LogP contribution is -2.51. The molecule has 2 aromatic rings. The van der Waals surface area contributed by atoms with E-state index in [0.717, 1.165) is 10.6 Å². The summed E-state index contributed by atoms with van der Waals surface area (Å²) in [4.78, 5) is 42.0. The van der Waals surface area contributed by atoms with Gasteiger partial charge in [-0.3, -0.25) is 19.3 Å². The summed E-state index contributed by atoms with van der Waals surface area (Å²) in [6, 6.07) is 15.3. The molecule has 0 bridgehead atoms. The van der Waals surface area contributed by atoms with E-state index in [1.54, 1.807) is 29.2 Å². The molecule has 0 spiro atoms. The van der Waals surface area contributed by atoms with Crippen molar-refractivity contribution in [2.24, 2.45) is 5.92 Å². The number of carbonyl (C=O) groups is 3. The number of benzene rings is 2. The van der Waals surface area contributed by atoms with Gasteiger partial charge >= 0.3 is 0 Å². The number of hydrogen-bond donors (Lipinski definition) is 0. The third-order valence-electron chi connectivity index (χ3n) is 4.77. The van der Waals surface area contributed by atoms with Gasteiger partial charge in [-0.15, -0.1) is 0 Å². The smallest absolute Gasteiger partial charge is 0.262 e. The van der Waals surface area contributed by atoms with Crippen molar-refractivity contribution in [2.45, 2.75) is 33.2 Å². The summed E-state index contributed by atoms with van der Waals surface area (Å²) in [5.41, 5.74) is 1.49. The van der Waals surface area contributed by atoms with Gasteiger partial charge in [0.2, 0.25) is 5.91 Å². The van der Waals surface area contributed by atoms with Crippen molar-refractivity contribution in [1.29, 1.82) is 0 Å². The van der Waals surface area contributed by atoms with Crippen LogP contribution < -0.4 is 4.90 Å². The molecule has 1 heterocycles. The molecule has 0 aromatic heterocycles. The summed E-state index contributed by atoms with van der Waals surface area (Å²) in [5, 5.41) is 0. The zero-order valence-corrected chi connectivity index (χ0v) is 15.9. The van der Waals surface area contributed by atoms with Gasteiger partial charge in [-0.25, -0.2) is 0 Å². The molecular formula is C22H24N2O3. The fraction of sp³-hybridized carbons (Fsp3) is 0.318. The van der Waals surface area contributed by atoms with Gasteiger partial charge in [0.25, 0.3) is 11.8 Å². The van der Waals surface area contributed by atoms with Crippen molar-refractivity contribution >= 4 is 23.4 Å². The van der Waals surface area contributed by atoms with Crippen LogP contribution in [-0.2, 0) is 4.79 Å². The van der Waals surface area contributed by atoms with Crippen LogP contribution in [0.4, 0.5) is 5.69 Å². The fourth-order valence-corrected chi connectivity index (χ4v) is 3.51. The highest BCUT2D eigenvalue weighted by atomic mass is 16.2. The number of carbonyl (C=O) groups excluding carboxylic acids is 3. The van der Waals surface area contributed by atoms with E-state index in [-0.39, 0.29) is 11.8 Å². The Labute approximate surface area is 159 Å². The van der Waals surface area contributed by atoms with E-state index in [4.69, 9.17) is 0 Å². The van der Waals surface area contributed by atoms with Crippen molar-refractivity contribution in [3.8, 4) is 0 Å². The standard InChI is InChI=1S/C22H24N2O3/c1-4-23(16-10-6-5-7-11-16)22(27)19(14-15(2)3)24-20(25)17-12-8-9-13-18(17)21(24)26/h5-13,15,19H,4,14H2,1-3H3. The van der Waals surface area contributed by atoms with Crippen LogP contribution in [0.25, 0.3) is 0 Å². The SMILES string of the molecule is CCN(C(=O)C(CC(C)C)N1C(=O)c2ccccc2C1=O)c1ccccc1. The average molecular weight is 364 g/mol. The molecule has 0 aliphatic carbocycles. The van der Waals surface area contributed by atoms with Crippen LogP contribution in [0.1, 0.15) is 47.9 Å². The van der Waals surface area contributed by atoms with E-state index in [1.165, 1.54) is 0 Å². The van der Waals surface area contributed by atoms with Crippen LogP contribution in [0.5, 0.6) is 0 Å². The minimum absolute atomic E-state index is 0.151. The van der Waals surface area contributed by atoms with Crippen LogP contribution >= 0.6 is 0 Å². The predicted molar refractivity (Wildman–Crippen MR) is 105 cm³/mol. The van der Waals surface area contributed by atoms with Crippen LogP contribution in [0.3, 0.4) is 0 Å². The quantitative estimate of drug-likeness (QED) is 0.734. The molecule has 0 saturated carbocycles. The molecule has 3 rings (SSSR count). The van der Waals surface area contributed by atoms with Gasteiger partial charge in [-0.2, -0.15) is 0 Å². The van der Waals surface area contributed by atoms with Crippen molar-refractivity contribution in [3.63, 3.8) is 0 Å². The number of likely N-dealkylation sites (N-methyl/N-ethyl adjacent to an activating group) is 1. The summed E-state index contributed by atoms with van der Waals surface area (Å²) >= 11 is 0. The Hall–Kier alpha value is -2.95. The van der Waals surface area contributed by atoms with Gasteiger partial charge in [0.15, 0.2) is 0 Å². The second-order valence-electron chi connectivity index (χ2n) is 7.09. The molecule has 5 nitrogen and oxygen atoms in total. The topological polar surface area (TPSA) is 57.7 Å². The third-order valence-corrected chi connectivity index (χ3v) is 4.77. The lowest BCUT2D eigenvalue weighted by Gasteiger charge is -2.32. The normalized spacial score (nSPS) is 14.4. The average Bonchev–Trinajstić information content (AvgIpc) is 2.92. The number of imide groups is 1. The van der Waals surface area contributed by atoms with E-state index in [0.29, 0.717) is 24.1 Å². The van der Waals surface area contributed by atoms with Gasteiger partial charge in [0.1, 0.15) is 6.04 Å². The summed E-state index contributed by atoms with van der Waals surface area (Å²) in [6.45, 7) is 6.31. The minimum atomic E-state index is -0.822. The number of amides is 3. The number of para-hydroxylation sites is 1. The zero-order chi connectivity index (χ0) is 19.6. The van der Waals surface area contributed by atoms with Crippen molar-refractivity contribution < 1.29 is 14.4 Å². The summed E-state index contributed by atoms with van der Waals surface area (Å²) in [7, 11) is 0. The highest BCUT2D eigenvalue weighted by molar-refractivity contribution is 6.23. The maximum atomic E-state index is 13.4. The molecule has 5 heteroatoms. The molecule has 1 unspecified atom stereocenters. The summed E-state index contributed by atoms with van der Waals surface area (Å²) in [6.07, 6.45) is 0.424. The highest BCUT2D eigenvalue weighted by Gasteiger charge is 2.43. The van der Waals surface area contributed by atoms with Gasteiger partial charge in [0, 0.05) is 12.2 Å². The van der Waals surface area contributed by atoms with Gasteiger partial charge < -0.3 is 4.90 Å². The molecule has 1 aliphatic rings. The zero-order valence-electron chi connectivity index (χ0n) is 15.9. The molecule has 3 amide bonds. The Morgan fingerprint density at radius 3 is 1.93 bits per heavy atom. The van der Waals surface area contributed by atoms with E-state index in [9.17, 15) is 14.4 Å². The first kappa shape index (κ1) is 18.8. The Bertz CT molecular complexity index is 826. The van der Waals surface area contributed by atoms with Crippen LogP contribution in [-0.4, -0.2) is 35.2 Å². The molecule has 0 fully saturated rings. The molecule has 2 aromatic carbocycles. The minimum Gasteiger partial charge on any atom is -0.311 e. The monoisotopic (exact) mass is 364 g/mol. The number of hydrogen-bond acceptors (Lipinski definition) is 3. The molecule has 1 aliphatic heterocycles. The van der Waals surface area contributed by atoms with Crippen molar-refractivity contribution in [3.05, 3.63) is 65.7 Å². The molecule has 27 heavy (non-hydrogen) atoms. The molecule has 0 N–H and O–H groups in total. The lowest BCUT2D eigenvalue weighted by molar-refractivity contribution is -0.122. The summed E-state index contributed by atoms with van der Waals surface area (Å²) in [5.74, 6) is -0.859. The molecular weight excluding hydrogens is 340 g/mol. The van der Waals surface area contributed by atoms with Gasteiger partial charge in [0.05, 0.1) is 11.1 Å². The van der Waals surface area contributed by atoms with Crippen molar-refractivity contribution in [2.75, 3.05) is 11.4 Å². The maximum absolute atomic E-state index is 13.4. The molecule has 0 saturated heterocycles. The first-order chi connectivity index (χ1) is 13.0. The second kappa shape index (κ2) is 7.74.